The predicted octanol–water partition coefficient (Wildman–Crippen LogP) is 3.82. The van der Waals surface area contributed by atoms with Gasteiger partial charge in [-0.3, -0.25) is 9.59 Å². The molecule has 0 radical (unpaired) electrons. The van der Waals surface area contributed by atoms with Crippen LogP contribution in [0.25, 0.3) is 0 Å². The lowest BCUT2D eigenvalue weighted by atomic mass is 9.70. The van der Waals surface area contributed by atoms with E-state index in [1.165, 1.54) is 19.2 Å². The van der Waals surface area contributed by atoms with E-state index in [2.05, 4.69) is 10.1 Å². The maximum absolute atomic E-state index is 13.4. The summed E-state index contributed by atoms with van der Waals surface area (Å²) < 4.78 is 62.4. The number of nitrogens with one attached hydrogen (secondary N) is 1. The molecular weight excluding hydrogens is 418 g/mol. The molecule has 1 N–H and O–H groups in total. The molecule has 5 nitrogen and oxygen atoms in total. The largest absolute Gasteiger partial charge is 0.471 e. The number of fused-ring (bicyclic) bond motifs is 2. The third kappa shape index (κ3) is 5.08. The number of amides is 1. The average Bonchev–Trinajstić information content (AvgIpc) is 3.28. The van der Waals surface area contributed by atoms with Gasteiger partial charge >= 0.3 is 18.1 Å². The number of esters is 1. The molecule has 0 unspecified atom stereocenters. The molecule has 1 aromatic carbocycles. The molecule has 1 amide bonds. The van der Waals surface area contributed by atoms with Crippen LogP contribution in [0.3, 0.4) is 0 Å². The van der Waals surface area contributed by atoms with Crippen LogP contribution >= 0.6 is 0 Å². The van der Waals surface area contributed by atoms with E-state index in [0.29, 0.717) is 32.3 Å². The third-order valence-corrected chi connectivity index (χ3v) is 6.17. The number of alkyl halides is 3. The Bertz CT molecular complexity index is 824. The summed E-state index contributed by atoms with van der Waals surface area (Å²) in [6, 6.07) is 5.08. The van der Waals surface area contributed by atoms with Crippen LogP contribution in [-0.4, -0.2) is 43.9 Å². The van der Waals surface area contributed by atoms with E-state index in [0.717, 1.165) is 5.56 Å². The molecule has 1 aliphatic heterocycles. The fourth-order valence-corrected chi connectivity index (χ4v) is 4.65. The van der Waals surface area contributed by atoms with Crippen molar-refractivity contribution >= 4 is 11.9 Å². The van der Waals surface area contributed by atoms with Crippen molar-refractivity contribution in [3.63, 3.8) is 0 Å². The zero-order valence-corrected chi connectivity index (χ0v) is 17.1. The minimum Gasteiger partial charge on any atom is -0.469 e. The molecule has 0 spiro atoms. The molecule has 0 aromatic heterocycles. The van der Waals surface area contributed by atoms with Gasteiger partial charge in [0.15, 0.2) is 0 Å². The minimum absolute atomic E-state index is 0.282. The monoisotopic (exact) mass is 443 g/mol. The SMILES string of the molecule is COC(=O)CCCC=CC[C@@H]1[C@@H](NC(=O)C(F)(F)F)[C@H]2C[C@]1(c1ccc(F)cc1)CO2. The molecular formula is C22H25F4NO4. The van der Waals surface area contributed by atoms with Gasteiger partial charge in [0.05, 0.1) is 25.9 Å². The standard InChI is InChI=1S/C22H25F4NO4/c1-30-18(28)7-5-3-2-4-6-16-19(27-20(29)22(24,25)26)17-12-21(16,13-31-17)14-8-10-15(23)11-9-14/h2,4,8-11,16-17,19H,3,5-7,12-13H2,1H3,(H,27,29)/t16-,17-,19-,21-/m1/s1. The quantitative estimate of drug-likeness (QED) is 0.287. The Morgan fingerprint density at radius 1 is 1.26 bits per heavy atom. The molecule has 31 heavy (non-hydrogen) atoms. The van der Waals surface area contributed by atoms with Gasteiger partial charge < -0.3 is 14.8 Å². The maximum Gasteiger partial charge on any atom is 0.471 e. The highest BCUT2D eigenvalue weighted by atomic mass is 19.4. The summed E-state index contributed by atoms with van der Waals surface area (Å²) in [6.07, 6.45) is 0.553. The number of hydrogen-bond donors (Lipinski definition) is 1. The van der Waals surface area contributed by atoms with Crippen LogP contribution in [0.5, 0.6) is 0 Å². The fourth-order valence-electron chi connectivity index (χ4n) is 4.65. The van der Waals surface area contributed by atoms with E-state index in [1.54, 1.807) is 12.1 Å². The first-order chi connectivity index (χ1) is 14.7. The first-order valence-corrected chi connectivity index (χ1v) is 10.1. The third-order valence-electron chi connectivity index (χ3n) is 6.17. The molecule has 1 saturated carbocycles. The van der Waals surface area contributed by atoms with Crippen LogP contribution in [0.1, 0.15) is 37.7 Å². The number of unbranched alkanes of at least 4 members (excludes halogenated alkanes) is 1. The Kier molecular flexibility index (Phi) is 7.03. The van der Waals surface area contributed by atoms with E-state index < -0.39 is 35.5 Å². The average molecular weight is 443 g/mol. The fraction of sp³-hybridized carbons (Fsp3) is 0.545. The lowest BCUT2D eigenvalue weighted by Gasteiger charge is -2.39. The predicted molar refractivity (Wildman–Crippen MR) is 104 cm³/mol. The molecule has 4 atom stereocenters. The highest BCUT2D eigenvalue weighted by Crippen LogP contribution is 2.53. The topological polar surface area (TPSA) is 64.6 Å². The second kappa shape index (κ2) is 9.38. The van der Waals surface area contributed by atoms with Gasteiger partial charge in [0.25, 0.3) is 0 Å². The summed E-state index contributed by atoms with van der Waals surface area (Å²) in [5.74, 6) is -3.05. The van der Waals surface area contributed by atoms with Crippen molar-refractivity contribution in [1.29, 1.82) is 0 Å². The normalized spacial score (nSPS) is 27.6. The van der Waals surface area contributed by atoms with Crippen LogP contribution < -0.4 is 5.32 Å². The summed E-state index contributed by atoms with van der Waals surface area (Å²) in [6.45, 7) is 0.294. The Balaban J connectivity index is 1.77. The smallest absolute Gasteiger partial charge is 0.469 e. The van der Waals surface area contributed by atoms with Crippen LogP contribution in [0.4, 0.5) is 17.6 Å². The highest BCUT2D eigenvalue weighted by molar-refractivity contribution is 5.82. The molecule has 1 heterocycles. The first kappa shape index (κ1) is 23.2. The van der Waals surface area contributed by atoms with Crippen molar-refractivity contribution in [1.82, 2.24) is 5.32 Å². The van der Waals surface area contributed by atoms with Gasteiger partial charge in [-0.15, -0.1) is 0 Å². The Morgan fingerprint density at radius 3 is 2.61 bits per heavy atom. The molecule has 2 fully saturated rings. The van der Waals surface area contributed by atoms with Crippen molar-refractivity contribution in [3.05, 3.63) is 47.8 Å². The molecule has 3 rings (SSSR count). The van der Waals surface area contributed by atoms with E-state index in [1.807, 2.05) is 12.2 Å². The van der Waals surface area contributed by atoms with E-state index in [-0.39, 0.29) is 18.3 Å². The molecule has 1 saturated heterocycles. The molecule has 9 heteroatoms. The van der Waals surface area contributed by atoms with Gasteiger partial charge in [0.1, 0.15) is 5.82 Å². The lowest BCUT2D eigenvalue weighted by molar-refractivity contribution is -0.176. The summed E-state index contributed by atoms with van der Waals surface area (Å²) >= 11 is 0. The Morgan fingerprint density at radius 2 is 1.97 bits per heavy atom. The van der Waals surface area contributed by atoms with Crippen molar-refractivity contribution in [2.45, 2.75) is 55.8 Å². The Labute approximate surface area is 177 Å². The van der Waals surface area contributed by atoms with Crippen molar-refractivity contribution in [2.24, 2.45) is 5.92 Å². The van der Waals surface area contributed by atoms with Crippen molar-refractivity contribution < 1.29 is 36.6 Å². The van der Waals surface area contributed by atoms with Crippen LogP contribution in [0.2, 0.25) is 0 Å². The summed E-state index contributed by atoms with van der Waals surface area (Å²) in [4.78, 5) is 22.8. The van der Waals surface area contributed by atoms with Gasteiger partial charge in [-0.25, -0.2) is 4.39 Å². The molecule has 2 aliphatic rings. The number of methoxy groups -OCH3 is 1. The van der Waals surface area contributed by atoms with E-state index in [4.69, 9.17) is 4.74 Å². The number of ether oxygens (including phenoxy) is 2. The second-order valence-corrected chi connectivity index (χ2v) is 8.00. The number of halogens is 4. The highest BCUT2D eigenvalue weighted by Gasteiger charge is 2.60. The van der Waals surface area contributed by atoms with E-state index >= 15 is 0 Å². The molecule has 1 aromatic rings. The zero-order chi connectivity index (χ0) is 22.6. The number of carbonyl (C=O) groups excluding carboxylic acids is 2. The van der Waals surface area contributed by atoms with Gasteiger partial charge in [0.2, 0.25) is 0 Å². The molecule has 2 bridgehead atoms. The summed E-state index contributed by atoms with van der Waals surface area (Å²) in [7, 11) is 1.32. The number of carbonyl (C=O) groups is 2. The number of benzene rings is 1. The van der Waals surface area contributed by atoms with Crippen LogP contribution in [-0.2, 0) is 24.5 Å². The maximum atomic E-state index is 13.4. The summed E-state index contributed by atoms with van der Waals surface area (Å²) in [5.41, 5.74) is 0.169. The van der Waals surface area contributed by atoms with Crippen molar-refractivity contribution in [3.8, 4) is 0 Å². The zero-order valence-electron chi connectivity index (χ0n) is 17.1. The molecule has 170 valence electrons. The van der Waals surface area contributed by atoms with Crippen molar-refractivity contribution in [2.75, 3.05) is 13.7 Å². The number of allylic oxidation sites excluding steroid dienone is 2. The van der Waals surface area contributed by atoms with Crippen LogP contribution in [0, 0.1) is 11.7 Å². The lowest BCUT2D eigenvalue weighted by Crippen LogP contribution is -2.54. The van der Waals surface area contributed by atoms with Gasteiger partial charge in [-0.05, 0) is 49.3 Å². The Hall–Kier alpha value is -2.42. The van der Waals surface area contributed by atoms with Gasteiger partial charge in [-0.2, -0.15) is 13.2 Å². The summed E-state index contributed by atoms with van der Waals surface area (Å²) in [5, 5.41) is 2.12. The van der Waals surface area contributed by atoms with Gasteiger partial charge in [0, 0.05) is 11.8 Å². The van der Waals surface area contributed by atoms with Gasteiger partial charge in [-0.1, -0.05) is 24.3 Å². The van der Waals surface area contributed by atoms with E-state index in [9.17, 15) is 27.2 Å². The first-order valence-electron chi connectivity index (χ1n) is 10.1. The minimum atomic E-state index is -4.99. The number of rotatable bonds is 8. The van der Waals surface area contributed by atoms with Crippen LogP contribution in [0.15, 0.2) is 36.4 Å². The number of hydrogen-bond acceptors (Lipinski definition) is 4. The molecule has 1 aliphatic carbocycles. The second-order valence-electron chi connectivity index (χ2n) is 8.00.